The normalized spacial score (nSPS) is 15.9. The molecule has 0 aliphatic carbocycles. The molecule has 14 heteroatoms. The molecule has 1 N–H and O–H groups in total. The molecule has 0 aliphatic rings. The minimum Gasteiger partial charge on any atom is -0.246 e. The molecule has 0 bridgehead atoms. The molecule has 0 radical (unpaired) electrons. The first-order valence-corrected chi connectivity index (χ1v) is 4.00. The van der Waals surface area contributed by atoms with Gasteiger partial charge in [0.15, 0.2) is 0 Å². The van der Waals surface area contributed by atoms with E-state index in [4.69, 9.17) is 5.26 Å². The van der Waals surface area contributed by atoms with Gasteiger partial charge in [0, 0.05) is 0 Å². The van der Waals surface area contributed by atoms with Crippen molar-refractivity contribution < 1.29 is 62.8 Å². The minimum absolute atomic E-state index is 1.53. The number of rotatable bonds is 6. The fourth-order valence-electron chi connectivity index (χ4n) is 0.784. The summed E-state index contributed by atoms with van der Waals surface area (Å²) in [6.45, 7) is 0. The van der Waals surface area contributed by atoms with E-state index in [1.54, 1.807) is 0 Å². The molecule has 20 heavy (non-hydrogen) atoms. The monoisotopic (exact) mass is 334 g/mol. The zero-order chi connectivity index (χ0) is 16.8. The summed E-state index contributed by atoms with van der Waals surface area (Å²) in [6.07, 6.45) is -12.3. The van der Waals surface area contributed by atoms with Crippen LogP contribution in [0, 0.1) is 0 Å². The Morgan fingerprint density at radius 1 is 0.650 bits per heavy atom. The Morgan fingerprint density at radius 2 is 1.00 bits per heavy atom. The van der Waals surface area contributed by atoms with Crippen LogP contribution in [0.4, 0.5) is 52.7 Å². The van der Waals surface area contributed by atoms with Gasteiger partial charge in [-0.3, -0.25) is 0 Å². The predicted molar refractivity (Wildman–Crippen MR) is 34.5 cm³/mol. The van der Waals surface area contributed by atoms with Gasteiger partial charge in [-0.2, -0.15) is 48.8 Å². The maximum absolute atomic E-state index is 12.5. The van der Waals surface area contributed by atoms with E-state index < -0.39 is 36.2 Å². The zero-order valence-electron chi connectivity index (χ0n) is 8.47. The summed E-state index contributed by atoms with van der Waals surface area (Å²) in [7, 11) is 0. The van der Waals surface area contributed by atoms with Crippen molar-refractivity contribution in [1.82, 2.24) is 0 Å². The van der Waals surface area contributed by atoms with Crippen molar-refractivity contribution in [2.24, 2.45) is 0 Å². The van der Waals surface area contributed by atoms with Crippen LogP contribution in [-0.2, 0) is 4.89 Å². The van der Waals surface area contributed by atoms with E-state index in [0.29, 0.717) is 0 Å². The molecular formula is C6H2F12O2. The second kappa shape index (κ2) is 4.82. The van der Waals surface area contributed by atoms with Gasteiger partial charge in [-0.05, 0) is 0 Å². The SMILES string of the molecule is OOC(F)(F)C(F)(F)C(F)(F)C(F)(F)C(F)(F)C(F)F. The first-order chi connectivity index (χ1) is 8.50. The lowest BCUT2D eigenvalue weighted by atomic mass is 9.98. The number of hydrogen-bond donors (Lipinski definition) is 1. The predicted octanol–water partition coefficient (Wildman–Crippen LogP) is 3.88. The first-order valence-electron chi connectivity index (χ1n) is 4.00. The fraction of sp³-hybridized carbons (Fsp3) is 1.00. The van der Waals surface area contributed by atoms with Crippen LogP contribution in [0.1, 0.15) is 0 Å². The maximum atomic E-state index is 12.5. The van der Waals surface area contributed by atoms with Crippen LogP contribution in [0.3, 0.4) is 0 Å². The first kappa shape index (κ1) is 19.1. The van der Waals surface area contributed by atoms with Crippen LogP contribution in [0.5, 0.6) is 0 Å². The number of alkyl halides is 12. The quantitative estimate of drug-likeness (QED) is 0.454. The topological polar surface area (TPSA) is 29.5 Å². The van der Waals surface area contributed by atoms with Crippen molar-refractivity contribution >= 4 is 0 Å². The summed E-state index contributed by atoms with van der Waals surface area (Å²) in [4.78, 5) is 1.53. The van der Waals surface area contributed by atoms with Gasteiger partial charge in [0.25, 0.3) is 0 Å². The van der Waals surface area contributed by atoms with E-state index in [2.05, 4.69) is 0 Å². The zero-order valence-corrected chi connectivity index (χ0v) is 8.47. The maximum Gasteiger partial charge on any atom is 0.451 e. The molecule has 0 aliphatic heterocycles. The van der Waals surface area contributed by atoms with Crippen LogP contribution in [0.2, 0.25) is 0 Å². The molecular weight excluding hydrogens is 332 g/mol. The summed E-state index contributed by atoms with van der Waals surface area (Å²) < 4.78 is 146. The average molecular weight is 334 g/mol. The smallest absolute Gasteiger partial charge is 0.246 e. The third-order valence-corrected chi connectivity index (χ3v) is 1.96. The lowest BCUT2D eigenvalue weighted by molar-refractivity contribution is -0.509. The van der Waals surface area contributed by atoms with E-state index in [9.17, 15) is 52.7 Å². The highest BCUT2D eigenvalue weighted by Crippen LogP contribution is 2.58. The molecule has 0 aromatic rings. The molecule has 0 unspecified atom stereocenters. The molecule has 2 nitrogen and oxygen atoms in total. The van der Waals surface area contributed by atoms with Crippen LogP contribution in [0.25, 0.3) is 0 Å². The third kappa shape index (κ3) is 2.27. The van der Waals surface area contributed by atoms with Crippen LogP contribution in [-0.4, -0.2) is 41.5 Å². The van der Waals surface area contributed by atoms with E-state index in [1.165, 1.54) is 4.89 Å². The van der Waals surface area contributed by atoms with Gasteiger partial charge in [0.1, 0.15) is 0 Å². The van der Waals surface area contributed by atoms with Crippen LogP contribution in [0.15, 0.2) is 0 Å². The van der Waals surface area contributed by atoms with Gasteiger partial charge in [-0.25, -0.2) is 14.0 Å². The van der Waals surface area contributed by atoms with E-state index in [-0.39, 0.29) is 0 Å². The lowest BCUT2D eigenvalue weighted by Gasteiger charge is -2.37. The van der Waals surface area contributed by atoms with Crippen molar-refractivity contribution in [3.8, 4) is 0 Å². The molecule has 0 aromatic carbocycles. The highest BCUT2D eigenvalue weighted by Gasteiger charge is 2.88. The molecule has 122 valence electrons. The summed E-state index contributed by atoms with van der Waals surface area (Å²) in [5, 5.41) is 7.23. The van der Waals surface area contributed by atoms with Crippen molar-refractivity contribution in [1.29, 1.82) is 0 Å². The fourth-order valence-corrected chi connectivity index (χ4v) is 0.784. The van der Waals surface area contributed by atoms with Crippen LogP contribution >= 0.6 is 0 Å². The summed E-state index contributed by atoms with van der Waals surface area (Å²) in [6, 6.07) is 0. The van der Waals surface area contributed by atoms with Crippen molar-refractivity contribution in [2.75, 3.05) is 0 Å². The minimum atomic E-state index is -7.69. The van der Waals surface area contributed by atoms with E-state index >= 15 is 0 Å². The molecule has 0 rings (SSSR count). The van der Waals surface area contributed by atoms with E-state index in [1.807, 2.05) is 0 Å². The standard InChI is InChI=1S/C6H2F12O2/c7-1(8)2(9,10)3(11,12)4(13,14)5(15,16)6(17,18)20-19/h1,19H. The Balaban J connectivity index is 5.98. The molecule has 0 spiro atoms. The van der Waals surface area contributed by atoms with Crippen molar-refractivity contribution in [2.45, 2.75) is 36.2 Å². The molecule has 0 saturated carbocycles. The Hall–Kier alpha value is -0.920. The Kier molecular flexibility index (Phi) is 4.60. The Labute approximate surface area is 100 Å². The summed E-state index contributed by atoms with van der Waals surface area (Å²) >= 11 is 0. The Bertz CT molecular complexity index is 350. The second-order valence-electron chi connectivity index (χ2n) is 3.25. The number of halogens is 12. The van der Waals surface area contributed by atoms with E-state index in [0.717, 1.165) is 0 Å². The molecule has 0 fully saturated rings. The van der Waals surface area contributed by atoms with Gasteiger partial charge in [-0.15, -0.1) is 0 Å². The Morgan fingerprint density at radius 3 is 1.25 bits per heavy atom. The molecule has 0 amide bonds. The van der Waals surface area contributed by atoms with Gasteiger partial charge >= 0.3 is 36.2 Å². The average Bonchev–Trinajstić information content (AvgIpc) is 2.27. The van der Waals surface area contributed by atoms with Gasteiger partial charge < -0.3 is 0 Å². The second-order valence-corrected chi connectivity index (χ2v) is 3.25. The molecule has 0 heterocycles. The van der Waals surface area contributed by atoms with Gasteiger partial charge in [0.2, 0.25) is 0 Å². The molecule has 0 saturated heterocycles. The molecule has 0 aromatic heterocycles. The lowest BCUT2D eigenvalue weighted by Crippen LogP contribution is -2.68. The van der Waals surface area contributed by atoms with Crippen molar-refractivity contribution in [3.63, 3.8) is 0 Å². The molecule has 0 atom stereocenters. The van der Waals surface area contributed by atoms with Crippen molar-refractivity contribution in [3.05, 3.63) is 0 Å². The van der Waals surface area contributed by atoms with Crippen LogP contribution < -0.4 is 0 Å². The summed E-state index contributed by atoms with van der Waals surface area (Å²) in [5.74, 6) is -29.8. The largest absolute Gasteiger partial charge is 0.451 e. The highest BCUT2D eigenvalue weighted by atomic mass is 19.4. The third-order valence-electron chi connectivity index (χ3n) is 1.96. The van der Waals surface area contributed by atoms with Gasteiger partial charge in [0.05, 0.1) is 0 Å². The van der Waals surface area contributed by atoms with Gasteiger partial charge in [-0.1, -0.05) is 0 Å². The highest BCUT2D eigenvalue weighted by molar-refractivity contribution is 5.07. The number of hydrogen-bond acceptors (Lipinski definition) is 2. The summed E-state index contributed by atoms with van der Waals surface area (Å²) in [5.41, 5.74) is 0.